The van der Waals surface area contributed by atoms with Crippen LogP contribution in [0.3, 0.4) is 0 Å². The van der Waals surface area contributed by atoms with E-state index in [1.807, 2.05) is 0 Å². The highest BCUT2D eigenvalue weighted by Crippen LogP contribution is 2.43. The molecule has 3 N–H and O–H groups in total. The molecule has 8 nitrogen and oxygen atoms in total. The number of hydrazine groups is 1. The molecule has 1 aliphatic rings. The number of rotatable bonds is 13. The number of amides is 1. The zero-order chi connectivity index (χ0) is 30.2. The second-order valence-electron chi connectivity index (χ2n) is 9.52. The van der Waals surface area contributed by atoms with E-state index in [0.717, 1.165) is 6.07 Å². The number of hydrogen-bond donors (Lipinski definition) is 3. The zero-order valence-corrected chi connectivity index (χ0v) is 23.0. The predicted molar refractivity (Wildman–Crippen MR) is 151 cm³/mol. The van der Waals surface area contributed by atoms with E-state index in [1.165, 1.54) is 25.3 Å². The average molecular weight is 584 g/mol. The smallest absolute Gasteiger partial charge is 0.416 e. The first-order chi connectivity index (χ1) is 20.2. The summed E-state index contributed by atoms with van der Waals surface area (Å²) >= 11 is 0. The minimum atomic E-state index is -4.54. The molecule has 3 aromatic rings. The maximum atomic E-state index is 13.8. The molecule has 42 heavy (non-hydrogen) atoms. The van der Waals surface area contributed by atoms with Gasteiger partial charge in [-0.2, -0.15) is 13.2 Å². The maximum absolute atomic E-state index is 13.8. The van der Waals surface area contributed by atoms with Crippen LogP contribution in [0.25, 0.3) is 0 Å². The SMILES string of the molecule is C=CC[C@]1(C(=O)NNCc2ccccc2C(F)(F)F)N=C(c2ccc(OCCCO)cc2)O[C@H]1c1cccc(OC)c1. The summed E-state index contributed by atoms with van der Waals surface area (Å²) in [6.07, 6.45) is -3.35. The molecule has 1 amide bonds. The second-order valence-corrected chi connectivity index (χ2v) is 9.52. The molecule has 0 bridgehead atoms. The number of alkyl halides is 3. The number of nitrogens with zero attached hydrogens (tertiary/aromatic N) is 1. The van der Waals surface area contributed by atoms with Crippen LogP contribution in [0.2, 0.25) is 0 Å². The largest absolute Gasteiger partial charge is 0.497 e. The molecule has 3 aromatic carbocycles. The fraction of sp³-hybridized carbons (Fsp3) is 0.290. The first-order valence-electron chi connectivity index (χ1n) is 13.3. The summed E-state index contributed by atoms with van der Waals surface area (Å²) in [5, 5.41) is 8.97. The van der Waals surface area contributed by atoms with Crippen molar-refractivity contribution in [3.05, 3.63) is 108 Å². The van der Waals surface area contributed by atoms with Crippen LogP contribution in [-0.2, 0) is 22.3 Å². The van der Waals surface area contributed by atoms with Gasteiger partial charge in [0.15, 0.2) is 11.6 Å². The van der Waals surface area contributed by atoms with Gasteiger partial charge in [0.1, 0.15) is 11.5 Å². The Kier molecular flexibility index (Phi) is 9.87. The van der Waals surface area contributed by atoms with Crippen LogP contribution in [0, 0.1) is 0 Å². The molecular formula is C31H32F3N3O5. The summed E-state index contributed by atoms with van der Waals surface area (Å²) in [5.41, 5.74) is 4.02. The van der Waals surface area contributed by atoms with E-state index in [4.69, 9.17) is 24.3 Å². The van der Waals surface area contributed by atoms with Gasteiger partial charge in [0, 0.05) is 31.6 Å². The normalized spacial score (nSPS) is 18.1. The molecule has 0 saturated heterocycles. The van der Waals surface area contributed by atoms with E-state index in [2.05, 4.69) is 17.4 Å². The van der Waals surface area contributed by atoms with Crippen molar-refractivity contribution in [3.63, 3.8) is 0 Å². The summed E-state index contributed by atoms with van der Waals surface area (Å²) in [4.78, 5) is 18.6. The molecule has 222 valence electrons. The third-order valence-corrected chi connectivity index (χ3v) is 6.69. The Labute approximate surface area is 241 Å². The Morgan fingerprint density at radius 2 is 1.88 bits per heavy atom. The highest BCUT2D eigenvalue weighted by atomic mass is 19.4. The summed E-state index contributed by atoms with van der Waals surface area (Å²) in [5.74, 6) is 0.722. The van der Waals surface area contributed by atoms with Crippen LogP contribution in [-0.4, -0.2) is 42.8 Å². The molecule has 0 aliphatic carbocycles. The monoisotopic (exact) mass is 583 g/mol. The van der Waals surface area contributed by atoms with Crippen molar-refractivity contribution in [3.8, 4) is 11.5 Å². The Morgan fingerprint density at radius 1 is 1.12 bits per heavy atom. The molecule has 4 rings (SSSR count). The minimum absolute atomic E-state index is 0.0194. The zero-order valence-electron chi connectivity index (χ0n) is 23.0. The van der Waals surface area contributed by atoms with E-state index >= 15 is 0 Å². The number of ether oxygens (including phenoxy) is 3. The number of nitrogens with one attached hydrogen (secondary N) is 2. The standard InChI is InChI=1S/C31H32F3N3O5/c1-3-16-30(29(39)37-35-20-23-8-4-5-11-26(23)31(32,33)34)27(22-9-6-10-25(19-22)40-2)42-28(36-30)21-12-14-24(15-13-21)41-18-7-17-38/h3-6,8-15,19,27,35,38H,1,7,16-18,20H2,2H3,(H,37,39)/t27-,30-/m0/s1. The number of hydrogen-bond acceptors (Lipinski definition) is 7. The Hall–Kier alpha value is -4.35. The van der Waals surface area contributed by atoms with Gasteiger partial charge >= 0.3 is 6.18 Å². The van der Waals surface area contributed by atoms with Crippen LogP contribution < -0.4 is 20.3 Å². The molecule has 1 heterocycles. The quantitative estimate of drug-likeness (QED) is 0.147. The van der Waals surface area contributed by atoms with Crippen LogP contribution in [0.4, 0.5) is 13.2 Å². The van der Waals surface area contributed by atoms with Crippen molar-refractivity contribution in [2.75, 3.05) is 20.3 Å². The molecule has 1 aliphatic heterocycles. The van der Waals surface area contributed by atoms with Crippen molar-refractivity contribution in [2.24, 2.45) is 4.99 Å². The number of methoxy groups -OCH3 is 1. The fourth-order valence-corrected chi connectivity index (χ4v) is 4.62. The van der Waals surface area contributed by atoms with Gasteiger partial charge in [-0.1, -0.05) is 36.4 Å². The highest BCUT2D eigenvalue weighted by Gasteiger charge is 2.52. The minimum Gasteiger partial charge on any atom is -0.497 e. The van der Waals surface area contributed by atoms with Gasteiger partial charge < -0.3 is 19.3 Å². The molecule has 0 saturated carbocycles. The van der Waals surface area contributed by atoms with Crippen molar-refractivity contribution in [2.45, 2.75) is 37.2 Å². The van der Waals surface area contributed by atoms with E-state index in [1.54, 1.807) is 54.6 Å². The summed E-state index contributed by atoms with van der Waals surface area (Å²) in [6.45, 7) is 3.92. The van der Waals surface area contributed by atoms with Gasteiger partial charge in [-0.3, -0.25) is 10.2 Å². The van der Waals surface area contributed by atoms with Crippen LogP contribution in [0.1, 0.15) is 41.2 Å². The lowest BCUT2D eigenvalue weighted by atomic mass is 9.84. The molecule has 0 spiro atoms. The van der Waals surface area contributed by atoms with Crippen molar-refractivity contribution in [1.82, 2.24) is 10.9 Å². The number of aliphatic hydroxyl groups excluding tert-OH is 1. The van der Waals surface area contributed by atoms with E-state index in [9.17, 15) is 18.0 Å². The number of halogens is 3. The predicted octanol–water partition coefficient (Wildman–Crippen LogP) is 5.13. The van der Waals surface area contributed by atoms with Crippen LogP contribution >= 0.6 is 0 Å². The van der Waals surface area contributed by atoms with E-state index in [0.29, 0.717) is 35.7 Å². The molecular weight excluding hydrogens is 551 g/mol. The first-order valence-corrected chi connectivity index (χ1v) is 13.3. The Bertz CT molecular complexity index is 1410. The lowest BCUT2D eigenvalue weighted by Gasteiger charge is -2.30. The average Bonchev–Trinajstić information content (AvgIpc) is 3.38. The fourth-order valence-electron chi connectivity index (χ4n) is 4.62. The summed E-state index contributed by atoms with van der Waals surface area (Å²) < 4.78 is 57.7. The van der Waals surface area contributed by atoms with Crippen LogP contribution in [0.5, 0.6) is 11.5 Å². The maximum Gasteiger partial charge on any atom is 0.416 e. The second kappa shape index (κ2) is 13.5. The van der Waals surface area contributed by atoms with Crippen molar-refractivity contribution >= 4 is 11.8 Å². The topological polar surface area (TPSA) is 101 Å². The number of aliphatic imine (C=N–C) groups is 1. The number of carbonyl (C=O) groups is 1. The highest BCUT2D eigenvalue weighted by molar-refractivity contribution is 6.01. The van der Waals surface area contributed by atoms with Crippen molar-refractivity contribution in [1.29, 1.82) is 0 Å². The van der Waals surface area contributed by atoms with E-state index in [-0.39, 0.29) is 31.0 Å². The number of aliphatic hydroxyl groups is 1. The molecule has 0 unspecified atom stereocenters. The lowest BCUT2D eigenvalue weighted by molar-refractivity contribution is -0.138. The van der Waals surface area contributed by atoms with E-state index < -0.39 is 29.3 Å². The number of benzene rings is 3. The van der Waals surface area contributed by atoms with Gasteiger partial charge in [0.25, 0.3) is 5.91 Å². The Morgan fingerprint density at radius 3 is 2.57 bits per heavy atom. The molecule has 0 radical (unpaired) electrons. The molecule has 0 fully saturated rings. The summed E-state index contributed by atoms with van der Waals surface area (Å²) in [6, 6.07) is 19.1. The third kappa shape index (κ3) is 6.92. The first kappa shape index (κ1) is 30.6. The molecule has 11 heteroatoms. The van der Waals surface area contributed by atoms with Crippen LogP contribution in [0.15, 0.2) is 90.4 Å². The Balaban J connectivity index is 1.64. The molecule has 2 atom stereocenters. The number of carbonyl (C=O) groups excluding carboxylic acids is 1. The van der Waals surface area contributed by atoms with Gasteiger partial charge in [-0.15, -0.1) is 6.58 Å². The summed E-state index contributed by atoms with van der Waals surface area (Å²) in [7, 11) is 1.52. The molecule has 0 aromatic heterocycles. The van der Waals surface area contributed by atoms with Crippen molar-refractivity contribution < 1.29 is 37.3 Å². The van der Waals surface area contributed by atoms with Gasteiger partial charge in [-0.25, -0.2) is 10.4 Å². The van der Waals surface area contributed by atoms with Gasteiger partial charge in [0.05, 0.1) is 19.3 Å². The third-order valence-electron chi connectivity index (χ3n) is 6.69. The lowest BCUT2D eigenvalue weighted by Crippen LogP contribution is -2.52. The van der Waals surface area contributed by atoms with Gasteiger partial charge in [0.2, 0.25) is 5.90 Å². The van der Waals surface area contributed by atoms with Gasteiger partial charge in [-0.05, 0) is 53.6 Å².